The van der Waals surface area contributed by atoms with Gasteiger partial charge in [0.2, 0.25) is 0 Å². The molecule has 3 nitrogen and oxygen atoms in total. The summed E-state index contributed by atoms with van der Waals surface area (Å²) >= 11 is 0. The van der Waals surface area contributed by atoms with Gasteiger partial charge in [0.05, 0.1) is 17.1 Å². The average Bonchev–Trinajstić information content (AvgIpc) is 3.95. The van der Waals surface area contributed by atoms with Crippen LogP contribution in [-0.4, -0.2) is 0 Å². The molecule has 0 radical (unpaired) electrons. The van der Waals surface area contributed by atoms with Crippen LogP contribution >= 0.6 is 0 Å². The molecule has 6 aliphatic rings. The molecule has 75 heavy (non-hydrogen) atoms. The number of nitrogens with zero attached hydrogens (tertiary/aromatic N) is 3. The SMILES string of the molecule is CC1(C)C2=C(CCC=C2)c2ccc(N(c3ccc(-c4ccc5c(c4)C(C)(C)c4cc(N(c6ccccc6)c6ccccc6)cc6c4N5c4ccccc4C6(C)C)cc3)c3ccc4c(c3)C(C)(C)C3=C4C=CCC3)cc21. The maximum Gasteiger partial charge on any atom is 0.0545 e. The highest BCUT2D eigenvalue weighted by molar-refractivity contribution is 5.96. The van der Waals surface area contributed by atoms with Crippen LogP contribution in [0.5, 0.6) is 0 Å². The van der Waals surface area contributed by atoms with Crippen molar-refractivity contribution < 1.29 is 0 Å². The summed E-state index contributed by atoms with van der Waals surface area (Å²) in [5.74, 6) is 0. The van der Waals surface area contributed by atoms with E-state index in [1.807, 2.05) is 0 Å². The Balaban J connectivity index is 0.896. The van der Waals surface area contributed by atoms with Gasteiger partial charge in [-0.15, -0.1) is 0 Å². The van der Waals surface area contributed by atoms with Gasteiger partial charge in [-0.1, -0.05) is 170 Å². The Labute approximate surface area is 444 Å². The molecule has 0 saturated carbocycles. The minimum absolute atomic E-state index is 0.0320. The van der Waals surface area contributed by atoms with Gasteiger partial charge in [-0.25, -0.2) is 0 Å². The van der Waals surface area contributed by atoms with E-state index in [1.165, 1.54) is 106 Å². The third kappa shape index (κ3) is 6.65. The van der Waals surface area contributed by atoms with Gasteiger partial charge in [0.25, 0.3) is 0 Å². The Morgan fingerprint density at radius 1 is 0.373 bits per heavy atom. The molecule has 8 aromatic rings. The van der Waals surface area contributed by atoms with Crippen LogP contribution in [0.25, 0.3) is 22.3 Å². The van der Waals surface area contributed by atoms with E-state index in [0.29, 0.717) is 0 Å². The number of benzene rings is 8. The molecule has 0 atom stereocenters. The summed E-state index contributed by atoms with van der Waals surface area (Å²) < 4.78 is 0. The first kappa shape index (κ1) is 45.7. The van der Waals surface area contributed by atoms with Crippen molar-refractivity contribution in [3.63, 3.8) is 0 Å². The zero-order chi connectivity index (χ0) is 51.2. The summed E-state index contributed by atoms with van der Waals surface area (Å²) in [4.78, 5) is 7.53. The van der Waals surface area contributed by atoms with Crippen LogP contribution in [0, 0.1) is 0 Å². The lowest BCUT2D eigenvalue weighted by atomic mass is 9.66. The summed E-state index contributed by atoms with van der Waals surface area (Å²) in [5, 5.41) is 0. The lowest BCUT2D eigenvalue weighted by molar-refractivity contribution is 0.597. The van der Waals surface area contributed by atoms with Crippen molar-refractivity contribution in [2.24, 2.45) is 0 Å². The van der Waals surface area contributed by atoms with E-state index >= 15 is 0 Å². The molecule has 2 aliphatic heterocycles. The quantitative estimate of drug-likeness (QED) is 0.158. The summed E-state index contributed by atoms with van der Waals surface area (Å²) in [6, 6.07) is 66.9. The standard InChI is InChI=1S/C72H65N3/c1-69(2)58-27-17-15-25-54(58)56-38-36-51(42-61(56)69)74(52-37-39-57-55-26-16-18-28-59(55)70(3,4)62(57)43-52)50-34-31-46(32-35-50)47-33-40-67-63(41-47)72(7,8)65-45-53(73(48-21-11-9-12-22-48)49-23-13-10-14-24-49)44-64-68(65)75(67)66-30-20-19-29-60(66)71(64,5)6/h9-15,18-25,28-45H,16-17,26-27H2,1-8H3. The van der Waals surface area contributed by atoms with E-state index in [-0.39, 0.29) is 21.7 Å². The van der Waals surface area contributed by atoms with E-state index in [4.69, 9.17) is 0 Å². The fourth-order valence-corrected chi connectivity index (χ4v) is 14.3. The Bertz CT molecular complexity index is 3780. The number of hydrogen-bond acceptors (Lipinski definition) is 3. The first-order valence-electron chi connectivity index (χ1n) is 27.4. The van der Waals surface area contributed by atoms with Gasteiger partial charge in [0.1, 0.15) is 0 Å². The maximum absolute atomic E-state index is 2.58. The molecule has 4 aliphatic carbocycles. The number of anilines is 9. The van der Waals surface area contributed by atoms with Crippen LogP contribution < -0.4 is 14.7 Å². The lowest BCUT2D eigenvalue weighted by Gasteiger charge is -2.50. The Kier molecular flexibility index (Phi) is 9.94. The van der Waals surface area contributed by atoms with Crippen LogP contribution in [0.3, 0.4) is 0 Å². The van der Waals surface area contributed by atoms with E-state index in [2.05, 4.69) is 270 Å². The highest BCUT2D eigenvalue weighted by Crippen LogP contribution is 2.62. The lowest BCUT2D eigenvalue weighted by Crippen LogP contribution is -2.38. The smallest absolute Gasteiger partial charge is 0.0545 e. The monoisotopic (exact) mass is 972 g/mol. The summed E-state index contributed by atoms with van der Waals surface area (Å²) in [6.45, 7) is 19.4. The number of para-hydroxylation sites is 3. The minimum atomic E-state index is -0.337. The molecule has 0 spiro atoms. The predicted octanol–water partition coefficient (Wildman–Crippen LogP) is 19.8. The highest BCUT2D eigenvalue weighted by Gasteiger charge is 2.47. The first-order chi connectivity index (χ1) is 36.2. The molecule has 3 heteroatoms. The van der Waals surface area contributed by atoms with Gasteiger partial charge in [-0.05, 0) is 189 Å². The van der Waals surface area contributed by atoms with Crippen molar-refractivity contribution in [1.82, 2.24) is 0 Å². The zero-order valence-corrected chi connectivity index (χ0v) is 44.7. The largest absolute Gasteiger partial charge is 0.310 e. The fraction of sp³-hybridized carbons (Fsp3) is 0.222. The molecule has 0 aromatic heterocycles. The topological polar surface area (TPSA) is 9.72 Å². The second-order valence-corrected chi connectivity index (χ2v) is 24.0. The van der Waals surface area contributed by atoms with E-state index in [0.717, 1.165) is 42.7 Å². The predicted molar refractivity (Wildman–Crippen MR) is 317 cm³/mol. The van der Waals surface area contributed by atoms with Crippen molar-refractivity contribution in [3.8, 4) is 11.1 Å². The second-order valence-electron chi connectivity index (χ2n) is 24.0. The van der Waals surface area contributed by atoms with E-state index in [1.54, 1.807) is 5.57 Å². The van der Waals surface area contributed by atoms with Gasteiger partial charge >= 0.3 is 0 Å². The average molecular weight is 972 g/mol. The van der Waals surface area contributed by atoms with Gasteiger partial charge in [-0.2, -0.15) is 0 Å². The third-order valence-corrected chi connectivity index (χ3v) is 18.4. The van der Waals surface area contributed by atoms with Crippen LogP contribution in [0.2, 0.25) is 0 Å². The molecule has 0 amide bonds. The van der Waals surface area contributed by atoms with E-state index < -0.39 is 0 Å². The van der Waals surface area contributed by atoms with Crippen molar-refractivity contribution in [3.05, 3.63) is 256 Å². The zero-order valence-electron chi connectivity index (χ0n) is 44.7. The Morgan fingerprint density at radius 3 is 1.59 bits per heavy atom. The Hall–Kier alpha value is -7.88. The molecule has 0 fully saturated rings. The molecule has 0 N–H and O–H groups in total. The van der Waals surface area contributed by atoms with Crippen LogP contribution in [-0.2, 0) is 21.7 Å². The van der Waals surface area contributed by atoms with Gasteiger partial charge in [0, 0.05) is 55.8 Å². The summed E-state index contributed by atoms with van der Waals surface area (Å²) in [6.07, 6.45) is 13.9. The molecule has 368 valence electrons. The molecule has 0 unspecified atom stereocenters. The minimum Gasteiger partial charge on any atom is -0.310 e. The number of hydrogen-bond donors (Lipinski definition) is 0. The molecule has 0 saturated heterocycles. The third-order valence-electron chi connectivity index (χ3n) is 18.4. The van der Waals surface area contributed by atoms with Gasteiger partial charge in [0.15, 0.2) is 0 Å². The van der Waals surface area contributed by atoms with Crippen molar-refractivity contribution in [2.75, 3.05) is 14.7 Å². The number of fused-ring (bicyclic) bond motifs is 8. The van der Waals surface area contributed by atoms with Crippen LogP contribution in [0.4, 0.5) is 51.2 Å². The number of allylic oxidation sites excluding steroid dienone is 8. The van der Waals surface area contributed by atoms with Crippen LogP contribution in [0.1, 0.15) is 126 Å². The van der Waals surface area contributed by atoms with Crippen molar-refractivity contribution >= 4 is 62.3 Å². The van der Waals surface area contributed by atoms with Gasteiger partial charge < -0.3 is 14.7 Å². The first-order valence-corrected chi connectivity index (χ1v) is 27.4. The summed E-state index contributed by atoms with van der Waals surface area (Å²) in [7, 11) is 0. The number of rotatable bonds is 7. The maximum atomic E-state index is 2.58. The molecular formula is C72H65N3. The molecule has 0 bridgehead atoms. The normalized spacial score (nSPS) is 18.1. The molecular weight excluding hydrogens is 907 g/mol. The second kappa shape index (κ2) is 16.3. The molecule has 14 rings (SSSR count). The van der Waals surface area contributed by atoms with Crippen LogP contribution in [0.15, 0.2) is 211 Å². The van der Waals surface area contributed by atoms with E-state index in [9.17, 15) is 0 Å². The summed E-state index contributed by atoms with van der Waals surface area (Å²) in [5.41, 5.74) is 29.5. The highest BCUT2D eigenvalue weighted by atomic mass is 15.2. The van der Waals surface area contributed by atoms with Crippen molar-refractivity contribution in [1.29, 1.82) is 0 Å². The molecule has 8 aromatic carbocycles. The Morgan fingerprint density at radius 2 is 0.893 bits per heavy atom. The molecule has 2 heterocycles. The fourth-order valence-electron chi connectivity index (χ4n) is 14.3. The van der Waals surface area contributed by atoms with Crippen molar-refractivity contribution in [2.45, 2.75) is 103 Å². The van der Waals surface area contributed by atoms with Gasteiger partial charge in [-0.3, -0.25) is 0 Å².